The molecule has 0 radical (unpaired) electrons. The van der Waals surface area contributed by atoms with Crippen LogP contribution < -0.4 is 11.1 Å². The third kappa shape index (κ3) is 2.82. The van der Waals surface area contributed by atoms with Crippen molar-refractivity contribution in [1.82, 2.24) is 5.32 Å². The normalized spacial score (nSPS) is 28.8. The highest BCUT2D eigenvalue weighted by molar-refractivity contribution is 5.13. The average molecular weight is 220 g/mol. The molecular weight excluding hydrogens is 200 g/mol. The van der Waals surface area contributed by atoms with E-state index in [4.69, 9.17) is 10.5 Å². The average Bonchev–Trinajstić information content (AvgIpc) is 2.28. The molecule has 1 aromatic carbocycles. The minimum Gasteiger partial charge on any atom is -0.376 e. The maximum atomic E-state index is 6.01. The van der Waals surface area contributed by atoms with Crippen molar-refractivity contribution in [2.24, 2.45) is 11.7 Å². The second-order valence-electron chi connectivity index (χ2n) is 4.68. The molecule has 1 aliphatic carbocycles. The van der Waals surface area contributed by atoms with Crippen LogP contribution in [0.15, 0.2) is 30.3 Å². The lowest BCUT2D eigenvalue weighted by Gasteiger charge is -2.44. The monoisotopic (exact) mass is 220 g/mol. The van der Waals surface area contributed by atoms with Gasteiger partial charge in [0.1, 0.15) is 0 Å². The Balaban J connectivity index is 1.64. The Labute approximate surface area is 97.0 Å². The third-order valence-electron chi connectivity index (χ3n) is 3.27. The number of benzene rings is 1. The quantitative estimate of drug-likeness (QED) is 0.739. The Morgan fingerprint density at radius 3 is 2.69 bits per heavy atom. The highest BCUT2D eigenvalue weighted by Crippen LogP contribution is 2.33. The molecule has 0 unspecified atom stereocenters. The van der Waals surface area contributed by atoms with Crippen molar-refractivity contribution in [2.75, 3.05) is 13.7 Å². The van der Waals surface area contributed by atoms with Crippen molar-refractivity contribution >= 4 is 0 Å². The van der Waals surface area contributed by atoms with E-state index in [0.29, 0.717) is 12.5 Å². The standard InChI is InChI=1S/C13H20N2O/c1-15-13(14)7-12(8-13)10-16-9-11-5-3-2-4-6-11/h2-6,12,15H,7-10,14H2,1H3. The van der Waals surface area contributed by atoms with Gasteiger partial charge in [-0.25, -0.2) is 0 Å². The Bertz CT molecular complexity index is 320. The largest absolute Gasteiger partial charge is 0.376 e. The van der Waals surface area contributed by atoms with Crippen molar-refractivity contribution in [3.63, 3.8) is 0 Å². The summed E-state index contributed by atoms with van der Waals surface area (Å²) in [7, 11) is 1.92. The Kier molecular flexibility index (Phi) is 3.59. The second kappa shape index (κ2) is 4.95. The first-order chi connectivity index (χ1) is 7.72. The summed E-state index contributed by atoms with van der Waals surface area (Å²) in [5.74, 6) is 0.612. The van der Waals surface area contributed by atoms with E-state index in [-0.39, 0.29) is 5.66 Å². The van der Waals surface area contributed by atoms with E-state index >= 15 is 0 Å². The number of hydrogen-bond acceptors (Lipinski definition) is 3. The predicted octanol–water partition coefficient (Wildman–Crippen LogP) is 1.49. The number of rotatable bonds is 5. The van der Waals surface area contributed by atoms with E-state index in [0.717, 1.165) is 19.4 Å². The second-order valence-corrected chi connectivity index (χ2v) is 4.68. The van der Waals surface area contributed by atoms with Gasteiger partial charge in [0, 0.05) is 0 Å². The molecule has 3 heteroatoms. The zero-order chi connectivity index (χ0) is 11.4. The van der Waals surface area contributed by atoms with E-state index < -0.39 is 0 Å². The number of nitrogens with one attached hydrogen (secondary N) is 1. The highest BCUT2D eigenvalue weighted by Gasteiger charge is 2.39. The SMILES string of the molecule is CNC1(N)CC(COCc2ccccc2)C1. The maximum absolute atomic E-state index is 6.01. The van der Waals surface area contributed by atoms with Crippen molar-refractivity contribution in [1.29, 1.82) is 0 Å². The van der Waals surface area contributed by atoms with Crippen LogP contribution in [0.5, 0.6) is 0 Å². The maximum Gasteiger partial charge on any atom is 0.0717 e. The first kappa shape index (κ1) is 11.6. The molecular formula is C13H20N2O. The summed E-state index contributed by atoms with van der Waals surface area (Å²) < 4.78 is 5.68. The molecule has 1 aliphatic rings. The minimum atomic E-state index is -0.138. The summed E-state index contributed by atoms with van der Waals surface area (Å²) in [6, 6.07) is 10.3. The van der Waals surface area contributed by atoms with Gasteiger partial charge in [0.2, 0.25) is 0 Å². The van der Waals surface area contributed by atoms with Gasteiger partial charge in [-0.05, 0) is 31.4 Å². The summed E-state index contributed by atoms with van der Waals surface area (Å²) in [6.45, 7) is 1.52. The van der Waals surface area contributed by atoms with Crippen LogP contribution in [0.4, 0.5) is 0 Å². The van der Waals surface area contributed by atoms with E-state index in [9.17, 15) is 0 Å². The smallest absolute Gasteiger partial charge is 0.0717 e. The fourth-order valence-electron chi connectivity index (χ4n) is 2.21. The van der Waals surface area contributed by atoms with Gasteiger partial charge in [0.05, 0.1) is 18.9 Å². The van der Waals surface area contributed by atoms with Crippen LogP contribution in [0.1, 0.15) is 18.4 Å². The molecule has 0 atom stereocenters. The van der Waals surface area contributed by atoms with Gasteiger partial charge in [-0.1, -0.05) is 30.3 Å². The van der Waals surface area contributed by atoms with Crippen LogP contribution in [-0.4, -0.2) is 19.3 Å². The predicted molar refractivity (Wildman–Crippen MR) is 64.8 cm³/mol. The van der Waals surface area contributed by atoms with Gasteiger partial charge < -0.3 is 15.8 Å². The fourth-order valence-corrected chi connectivity index (χ4v) is 2.21. The van der Waals surface area contributed by atoms with Crippen LogP contribution in [-0.2, 0) is 11.3 Å². The molecule has 0 aliphatic heterocycles. The summed E-state index contributed by atoms with van der Waals surface area (Å²) in [6.07, 6.45) is 2.02. The van der Waals surface area contributed by atoms with E-state index in [1.807, 2.05) is 25.2 Å². The van der Waals surface area contributed by atoms with Crippen molar-refractivity contribution in [2.45, 2.75) is 25.1 Å². The molecule has 1 aromatic rings. The minimum absolute atomic E-state index is 0.138. The molecule has 1 fully saturated rings. The molecule has 3 nitrogen and oxygen atoms in total. The molecule has 2 rings (SSSR count). The molecule has 0 heterocycles. The lowest BCUT2D eigenvalue weighted by Crippen LogP contribution is -2.61. The van der Waals surface area contributed by atoms with Gasteiger partial charge in [-0.2, -0.15) is 0 Å². The van der Waals surface area contributed by atoms with E-state index in [2.05, 4.69) is 17.4 Å². The molecule has 0 aromatic heterocycles. The lowest BCUT2D eigenvalue weighted by atomic mass is 9.75. The van der Waals surface area contributed by atoms with Crippen molar-refractivity contribution < 1.29 is 4.74 Å². The molecule has 16 heavy (non-hydrogen) atoms. The van der Waals surface area contributed by atoms with Crippen LogP contribution in [0.25, 0.3) is 0 Å². The first-order valence-corrected chi connectivity index (χ1v) is 5.81. The first-order valence-electron chi connectivity index (χ1n) is 5.81. The Hall–Kier alpha value is -0.900. The van der Waals surface area contributed by atoms with Gasteiger partial charge in [0.15, 0.2) is 0 Å². The molecule has 3 N–H and O–H groups in total. The number of hydrogen-bond donors (Lipinski definition) is 2. The molecule has 0 amide bonds. The van der Waals surface area contributed by atoms with Gasteiger partial charge in [0.25, 0.3) is 0 Å². The third-order valence-corrected chi connectivity index (χ3v) is 3.27. The highest BCUT2D eigenvalue weighted by atomic mass is 16.5. The summed E-state index contributed by atoms with van der Waals surface area (Å²) in [5.41, 5.74) is 7.10. The summed E-state index contributed by atoms with van der Waals surface area (Å²) in [5, 5.41) is 3.14. The number of ether oxygens (including phenoxy) is 1. The fraction of sp³-hybridized carbons (Fsp3) is 0.538. The molecule has 0 saturated heterocycles. The van der Waals surface area contributed by atoms with Gasteiger partial charge in [-0.3, -0.25) is 0 Å². The van der Waals surface area contributed by atoms with Crippen molar-refractivity contribution in [3.8, 4) is 0 Å². The lowest BCUT2D eigenvalue weighted by molar-refractivity contribution is 0.0132. The Morgan fingerprint density at radius 1 is 1.38 bits per heavy atom. The van der Waals surface area contributed by atoms with Crippen molar-refractivity contribution in [3.05, 3.63) is 35.9 Å². The summed E-state index contributed by atoms with van der Waals surface area (Å²) in [4.78, 5) is 0. The summed E-state index contributed by atoms with van der Waals surface area (Å²) >= 11 is 0. The van der Waals surface area contributed by atoms with E-state index in [1.54, 1.807) is 0 Å². The van der Waals surface area contributed by atoms with Gasteiger partial charge >= 0.3 is 0 Å². The molecule has 0 bridgehead atoms. The van der Waals surface area contributed by atoms with Crippen LogP contribution in [0, 0.1) is 5.92 Å². The van der Waals surface area contributed by atoms with Gasteiger partial charge in [-0.15, -0.1) is 0 Å². The van der Waals surface area contributed by atoms with Crippen LogP contribution in [0.3, 0.4) is 0 Å². The zero-order valence-corrected chi connectivity index (χ0v) is 9.78. The topological polar surface area (TPSA) is 47.3 Å². The molecule has 1 saturated carbocycles. The molecule has 0 spiro atoms. The molecule has 88 valence electrons. The van der Waals surface area contributed by atoms with Crippen LogP contribution in [0.2, 0.25) is 0 Å². The number of nitrogens with two attached hydrogens (primary N) is 1. The Morgan fingerprint density at radius 2 is 2.06 bits per heavy atom. The van der Waals surface area contributed by atoms with Crippen LogP contribution >= 0.6 is 0 Å². The van der Waals surface area contributed by atoms with E-state index in [1.165, 1.54) is 5.56 Å². The zero-order valence-electron chi connectivity index (χ0n) is 9.78.